The molecule has 1 aromatic carbocycles. The second-order valence-corrected chi connectivity index (χ2v) is 11.5. The van der Waals surface area contributed by atoms with E-state index in [-0.39, 0.29) is 29.8 Å². The Morgan fingerprint density at radius 2 is 1.55 bits per heavy atom. The Balaban J connectivity index is 1.82. The number of halogens is 6. The standard InChI is InChI=1S/C29H39F6N9/c1-17(36)24-11-21(26(40-25(24)38-2)43(14-19-7-8-19)13-18-5-4-6-18)16-44(27(41-37)42-39-3)15-20-9-22(28(30,31)32)12-23(10-20)29(33,34)35/h9-12,18-19,36,39H,4-8,13-16,37H2,1-3H3,(H,38,40)(H,41,42). The predicted octanol–water partition coefficient (Wildman–Crippen LogP) is 5.52. The third kappa shape index (κ3) is 8.24. The molecule has 6 N–H and O–H groups in total. The molecule has 4 rings (SSSR count). The Bertz CT molecular complexity index is 1320. The highest BCUT2D eigenvalue weighted by molar-refractivity contribution is 6.01. The zero-order valence-electron chi connectivity index (χ0n) is 25.0. The van der Waals surface area contributed by atoms with Gasteiger partial charge in [0.25, 0.3) is 0 Å². The lowest BCUT2D eigenvalue weighted by molar-refractivity contribution is -0.143. The fraction of sp³-hybridized carbons (Fsp3) is 0.552. The molecule has 2 fully saturated rings. The van der Waals surface area contributed by atoms with Gasteiger partial charge in [-0.25, -0.2) is 10.8 Å². The van der Waals surface area contributed by atoms with Crippen molar-refractivity contribution in [2.75, 3.05) is 37.4 Å². The van der Waals surface area contributed by atoms with Crippen molar-refractivity contribution in [3.05, 3.63) is 52.1 Å². The van der Waals surface area contributed by atoms with Gasteiger partial charge in [0.15, 0.2) is 0 Å². The first-order chi connectivity index (χ1) is 20.7. The summed E-state index contributed by atoms with van der Waals surface area (Å²) in [6, 6.07) is 3.29. The first-order valence-electron chi connectivity index (χ1n) is 14.5. The van der Waals surface area contributed by atoms with Crippen LogP contribution >= 0.6 is 0 Å². The Kier molecular flexibility index (Phi) is 10.2. The first kappa shape index (κ1) is 33.1. The van der Waals surface area contributed by atoms with Crippen molar-refractivity contribution in [2.45, 2.75) is 64.5 Å². The van der Waals surface area contributed by atoms with Crippen molar-refractivity contribution >= 4 is 23.3 Å². The summed E-state index contributed by atoms with van der Waals surface area (Å²) in [6.07, 6.45) is -4.41. The van der Waals surface area contributed by atoms with Crippen molar-refractivity contribution < 1.29 is 26.3 Å². The number of hydrazone groups is 1. The van der Waals surface area contributed by atoms with Crippen LogP contribution in [0.15, 0.2) is 29.4 Å². The van der Waals surface area contributed by atoms with E-state index in [1.807, 2.05) is 0 Å². The predicted molar refractivity (Wildman–Crippen MR) is 158 cm³/mol. The van der Waals surface area contributed by atoms with Crippen molar-refractivity contribution in [2.24, 2.45) is 22.8 Å². The minimum Gasteiger partial charge on any atom is -0.373 e. The van der Waals surface area contributed by atoms with Gasteiger partial charge in [-0.05, 0) is 74.3 Å². The molecule has 0 aliphatic heterocycles. The van der Waals surface area contributed by atoms with E-state index >= 15 is 0 Å². The molecule has 0 spiro atoms. The summed E-state index contributed by atoms with van der Waals surface area (Å²) in [5, 5.41) is 15.5. The van der Waals surface area contributed by atoms with Crippen LogP contribution in [0, 0.1) is 17.2 Å². The summed E-state index contributed by atoms with van der Waals surface area (Å²) in [7, 11) is 3.20. The van der Waals surface area contributed by atoms with Crippen LogP contribution in [0.25, 0.3) is 0 Å². The topological polar surface area (TPSA) is 118 Å². The van der Waals surface area contributed by atoms with Gasteiger partial charge in [-0.2, -0.15) is 26.3 Å². The fourth-order valence-corrected chi connectivity index (χ4v) is 5.30. The number of hydrazine groups is 1. The van der Waals surface area contributed by atoms with Gasteiger partial charge in [0, 0.05) is 57.1 Å². The first-order valence-corrected chi connectivity index (χ1v) is 14.5. The Hall–Kier alpha value is -3.75. The molecule has 15 heteroatoms. The van der Waals surface area contributed by atoms with Crippen LogP contribution in [0.5, 0.6) is 0 Å². The summed E-state index contributed by atoms with van der Waals surface area (Å²) in [6.45, 7) is 2.75. The summed E-state index contributed by atoms with van der Waals surface area (Å²) in [5.41, 5.74) is 3.33. The number of alkyl halides is 6. The van der Waals surface area contributed by atoms with Crippen LogP contribution < -0.4 is 26.9 Å². The lowest BCUT2D eigenvalue weighted by Gasteiger charge is -2.35. The maximum Gasteiger partial charge on any atom is 0.416 e. The minimum absolute atomic E-state index is 0.0111. The van der Waals surface area contributed by atoms with E-state index in [4.69, 9.17) is 16.2 Å². The van der Waals surface area contributed by atoms with Gasteiger partial charge in [-0.1, -0.05) is 6.42 Å². The number of guanidine groups is 1. The molecule has 2 aliphatic rings. The Labute approximate surface area is 252 Å². The van der Waals surface area contributed by atoms with Crippen LogP contribution in [0.4, 0.5) is 38.0 Å². The van der Waals surface area contributed by atoms with Gasteiger partial charge < -0.3 is 26.0 Å². The van der Waals surface area contributed by atoms with E-state index in [0.29, 0.717) is 46.7 Å². The fourth-order valence-electron chi connectivity index (χ4n) is 5.30. The van der Waals surface area contributed by atoms with Gasteiger partial charge in [0.1, 0.15) is 11.6 Å². The number of anilines is 2. The summed E-state index contributed by atoms with van der Waals surface area (Å²) in [5.74, 6) is 7.91. The van der Waals surface area contributed by atoms with Gasteiger partial charge in [-0.15, -0.1) is 5.10 Å². The quantitative estimate of drug-likeness (QED) is 0.0692. The zero-order chi connectivity index (χ0) is 32.2. The van der Waals surface area contributed by atoms with Crippen molar-refractivity contribution in [3.8, 4) is 0 Å². The largest absolute Gasteiger partial charge is 0.416 e. The number of nitrogens with two attached hydrogens (primary N) is 1. The third-order valence-electron chi connectivity index (χ3n) is 7.93. The highest BCUT2D eigenvalue weighted by Crippen LogP contribution is 2.38. The monoisotopic (exact) mass is 627 g/mol. The number of rotatable bonds is 12. The summed E-state index contributed by atoms with van der Waals surface area (Å²) < 4.78 is 82.0. The molecule has 0 bridgehead atoms. The molecule has 9 nitrogen and oxygen atoms in total. The lowest BCUT2D eigenvalue weighted by Crippen LogP contribution is -2.45. The molecule has 0 radical (unpaired) electrons. The molecule has 2 saturated carbocycles. The molecular weight excluding hydrogens is 588 g/mol. The second-order valence-electron chi connectivity index (χ2n) is 11.5. The van der Waals surface area contributed by atoms with Crippen molar-refractivity contribution in [3.63, 3.8) is 0 Å². The summed E-state index contributed by atoms with van der Waals surface area (Å²) in [4.78, 5) is 8.62. The average Bonchev–Trinajstić information content (AvgIpc) is 3.75. The lowest BCUT2D eigenvalue weighted by atomic mass is 9.85. The molecule has 0 amide bonds. The van der Waals surface area contributed by atoms with E-state index in [1.54, 1.807) is 20.0 Å². The highest BCUT2D eigenvalue weighted by Gasteiger charge is 2.37. The van der Waals surface area contributed by atoms with E-state index < -0.39 is 30.0 Å². The number of hydrogen-bond acceptors (Lipinski definition) is 7. The average molecular weight is 628 g/mol. The second kappa shape index (κ2) is 13.5. The molecule has 1 aromatic heterocycles. The van der Waals surface area contributed by atoms with Crippen LogP contribution in [-0.2, 0) is 25.4 Å². The number of nitrogens with one attached hydrogen (secondary N) is 4. The number of aromatic nitrogens is 1. The van der Waals surface area contributed by atoms with Crippen molar-refractivity contribution in [1.29, 1.82) is 5.41 Å². The SMILES string of the molecule is CN/N=C(\NN)N(Cc1cc(C(F)(F)F)cc(C(F)(F)F)c1)Cc1cc(C(C)=N)c(NC)nc1N(CC1CCC1)CC1CC1. The zero-order valence-corrected chi connectivity index (χ0v) is 25.0. The molecule has 0 saturated heterocycles. The van der Waals surface area contributed by atoms with E-state index in [2.05, 4.69) is 26.2 Å². The number of pyridine rings is 1. The minimum atomic E-state index is -4.99. The molecule has 0 atom stereocenters. The van der Waals surface area contributed by atoms with E-state index in [0.717, 1.165) is 45.2 Å². The molecular formula is C29H39F6N9. The molecule has 242 valence electrons. The normalized spacial score (nSPS) is 15.9. The highest BCUT2D eigenvalue weighted by atomic mass is 19.4. The maximum absolute atomic E-state index is 13.7. The maximum atomic E-state index is 13.7. The molecule has 44 heavy (non-hydrogen) atoms. The van der Waals surface area contributed by atoms with Crippen LogP contribution in [0.1, 0.15) is 66.8 Å². The number of benzene rings is 1. The van der Waals surface area contributed by atoms with Crippen molar-refractivity contribution in [1.82, 2.24) is 20.7 Å². The molecule has 2 aliphatic carbocycles. The van der Waals surface area contributed by atoms with Gasteiger partial charge >= 0.3 is 12.4 Å². The van der Waals surface area contributed by atoms with Crippen LogP contribution in [-0.4, -0.2) is 48.7 Å². The molecule has 2 aromatic rings. The number of nitrogens with zero attached hydrogens (tertiary/aromatic N) is 4. The third-order valence-corrected chi connectivity index (χ3v) is 7.93. The van der Waals surface area contributed by atoms with E-state index in [1.165, 1.54) is 11.9 Å². The van der Waals surface area contributed by atoms with Crippen LogP contribution in [0.3, 0.4) is 0 Å². The van der Waals surface area contributed by atoms with Gasteiger partial charge in [0.2, 0.25) is 5.96 Å². The smallest absolute Gasteiger partial charge is 0.373 e. The van der Waals surface area contributed by atoms with Gasteiger partial charge in [0.05, 0.1) is 11.1 Å². The Morgan fingerprint density at radius 1 is 0.955 bits per heavy atom. The Morgan fingerprint density at radius 3 is 1.98 bits per heavy atom. The molecule has 0 unspecified atom stereocenters. The van der Waals surface area contributed by atoms with Crippen LogP contribution in [0.2, 0.25) is 0 Å². The summed E-state index contributed by atoms with van der Waals surface area (Å²) >= 11 is 0. The van der Waals surface area contributed by atoms with Gasteiger partial charge in [-0.3, -0.25) is 5.43 Å². The van der Waals surface area contributed by atoms with E-state index in [9.17, 15) is 26.3 Å². The number of hydrogen-bond donors (Lipinski definition) is 5. The molecule has 1 heterocycles.